The monoisotopic (exact) mass is 251 g/mol. The Morgan fingerprint density at radius 2 is 1.88 bits per heavy atom. The average molecular weight is 251 g/mol. The summed E-state index contributed by atoms with van der Waals surface area (Å²) < 4.78 is 4.85. The van der Waals surface area contributed by atoms with E-state index in [1.54, 1.807) is 0 Å². The van der Waals surface area contributed by atoms with Crippen LogP contribution in [-0.2, 0) is 9.53 Å². The first-order valence-corrected chi connectivity index (χ1v) is 9.51. The Balaban J connectivity index is 2.79. The van der Waals surface area contributed by atoms with Crippen molar-refractivity contribution < 1.29 is 9.53 Å². The lowest BCUT2D eigenvalue weighted by Crippen LogP contribution is -2.41. The van der Waals surface area contributed by atoms with Gasteiger partial charge in [-0.2, -0.15) is 0 Å². The quantitative estimate of drug-likeness (QED) is 0.645. The lowest BCUT2D eigenvalue weighted by Gasteiger charge is -2.22. The average Bonchev–Trinajstić information content (AvgIpc) is 2.29. The van der Waals surface area contributed by atoms with Gasteiger partial charge in [0.15, 0.2) is 0 Å². The smallest absolute Gasteiger partial charge is 0.327 e. The third-order valence-electron chi connectivity index (χ3n) is 2.41. The molecule has 0 bridgehead atoms. The van der Waals surface area contributed by atoms with E-state index in [9.17, 15) is 4.79 Å². The Labute approximate surface area is 104 Å². The zero-order valence-electron chi connectivity index (χ0n) is 11.0. The molecule has 4 heteroatoms. The third kappa shape index (κ3) is 4.71. The first-order chi connectivity index (χ1) is 7.94. The van der Waals surface area contributed by atoms with Gasteiger partial charge in [-0.3, -0.25) is 0 Å². The number of ether oxygens (including phenoxy) is 1. The van der Waals surface area contributed by atoms with Crippen LogP contribution in [0.2, 0.25) is 19.6 Å². The predicted octanol–water partition coefficient (Wildman–Crippen LogP) is 2.37. The summed E-state index contributed by atoms with van der Waals surface area (Å²) in [6.07, 6.45) is 0.891. The summed E-state index contributed by atoms with van der Waals surface area (Å²) in [6.45, 7) is 6.79. The molecule has 0 spiro atoms. The van der Waals surface area contributed by atoms with E-state index < -0.39 is 8.07 Å². The second-order valence-corrected chi connectivity index (χ2v) is 10.8. The molecule has 1 aromatic carbocycles. The molecule has 1 N–H and O–H groups in total. The topological polar surface area (TPSA) is 38.3 Å². The fourth-order valence-corrected chi connectivity index (χ4v) is 2.33. The van der Waals surface area contributed by atoms with Crippen molar-refractivity contribution >= 4 is 14.0 Å². The number of benzene rings is 1. The molecule has 0 saturated heterocycles. The molecule has 0 amide bonds. The van der Waals surface area contributed by atoms with Crippen LogP contribution < -0.4 is 5.32 Å². The molecule has 0 radical (unpaired) electrons. The van der Waals surface area contributed by atoms with Crippen molar-refractivity contribution in [1.29, 1.82) is 0 Å². The fraction of sp³-hybridized carbons (Fsp3) is 0.462. The highest BCUT2D eigenvalue weighted by Crippen LogP contribution is 2.14. The van der Waals surface area contributed by atoms with Crippen LogP contribution in [0, 0.1) is 0 Å². The van der Waals surface area contributed by atoms with Crippen LogP contribution >= 0.6 is 0 Å². The fourth-order valence-electron chi connectivity index (χ4n) is 1.51. The van der Waals surface area contributed by atoms with Crippen LogP contribution in [0.3, 0.4) is 0 Å². The molecule has 0 heterocycles. The van der Waals surface area contributed by atoms with E-state index in [2.05, 4.69) is 25.0 Å². The number of nitrogens with one attached hydrogen (secondary N) is 1. The zero-order chi connectivity index (χ0) is 12.9. The van der Waals surface area contributed by atoms with Crippen molar-refractivity contribution in [3.63, 3.8) is 0 Å². The summed E-state index contributed by atoms with van der Waals surface area (Å²) in [6, 6.07) is 9.34. The van der Waals surface area contributed by atoms with Crippen molar-refractivity contribution in [3.8, 4) is 0 Å². The van der Waals surface area contributed by atoms with Crippen LogP contribution in [0.25, 0.3) is 0 Å². The molecule has 1 atom stereocenters. The van der Waals surface area contributed by atoms with Crippen molar-refractivity contribution in [1.82, 2.24) is 5.32 Å². The van der Waals surface area contributed by atoms with Gasteiger partial charge in [0.1, 0.15) is 6.04 Å². The summed E-state index contributed by atoms with van der Waals surface area (Å²) in [7, 11) is 0.195. The van der Waals surface area contributed by atoms with E-state index in [1.807, 2.05) is 30.3 Å². The predicted molar refractivity (Wildman–Crippen MR) is 72.5 cm³/mol. The number of rotatable bonds is 5. The molecule has 0 aliphatic carbocycles. The highest BCUT2D eigenvalue weighted by atomic mass is 28.3. The minimum atomic E-state index is -1.23. The van der Waals surface area contributed by atoms with Gasteiger partial charge in [-0.1, -0.05) is 50.0 Å². The number of carbonyl (C=O) groups excluding carboxylic acids is 1. The van der Waals surface area contributed by atoms with E-state index in [4.69, 9.17) is 4.74 Å². The molecule has 94 valence electrons. The summed E-state index contributed by atoms with van der Waals surface area (Å²) in [5, 5.41) is 3.31. The van der Waals surface area contributed by atoms with Gasteiger partial charge in [0.05, 0.1) is 15.2 Å². The Morgan fingerprint density at radius 3 is 2.35 bits per heavy atom. The minimum Gasteiger partial charge on any atom is -0.468 e. The molecule has 0 aliphatic rings. The zero-order valence-corrected chi connectivity index (χ0v) is 12.0. The Morgan fingerprint density at radius 1 is 1.29 bits per heavy atom. The van der Waals surface area contributed by atoms with E-state index in [1.165, 1.54) is 7.11 Å². The summed E-state index contributed by atoms with van der Waals surface area (Å²) in [5.41, 5.74) is 0.956. The minimum absolute atomic E-state index is 0.227. The Kier molecular flexibility index (Phi) is 4.90. The molecule has 0 fully saturated rings. The maximum atomic E-state index is 11.8. The standard InChI is InChI=1S/C13H21NO2Si/c1-16-13(15)12(14-10-17(2,3)4)11-8-6-5-7-9-11/h5-9,12,14H,10H2,1-4H3/t12-/m1/s1. The second kappa shape index (κ2) is 5.98. The molecule has 17 heavy (non-hydrogen) atoms. The Bertz CT molecular complexity index is 359. The van der Waals surface area contributed by atoms with Crippen LogP contribution in [0.15, 0.2) is 30.3 Å². The van der Waals surface area contributed by atoms with Crippen molar-refractivity contribution in [3.05, 3.63) is 35.9 Å². The molecular formula is C13H21NO2Si. The molecule has 0 aromatic heterocycles. The van der Waals surface area contributed by atoms with Crippen molar-refractivity contribution in [2.45, 2.75) is 25.7 Å². The summed E-state index contributed by atoms with van der Waals surface area (Å²) >= 11 is 0. The lowest BCUT2D eigenvalue weighted by atomic mass is 10.1. The largest absolute Gasteiger partial charge is 0.468 e. The maximum absolute atomic E-state index is 11.8. The molecular weight excluding hydrogens is 230 g/mol. The molecule has 0 saturated carbocycles. The maximum Gasteiger partial charge on any atom is 0.327 e. The highest BCUT2D eigenvalue weighted by molar-refractivity contribution is 6.76. The van der Waals surface area contributed by atoms with Gasteiger partial charge in [0.25, 0.3) is 0 Å². The van der Waals surface area contributed by atoms with Crippen LogP contribution in [0.1, 0.15) is 11.6 Å². The Hall–Kier alpha value is -1.13. The van der Waals surface area contributed by atoms with Gasteiger partial charge in [0.2, 0.25) is 0 Å². The molecule has 0 aliphatic heterocycles. The summed E-state index contributed by atoms with van der Waals surface area (Å²) in [4.78, 5) is 11.8. The summed E-state index contributed by atoms with van der Waals surface area (Å²) in [5.74, 6) is -0.227. The number of carbonyl (C=O) groups is 1. The number of hydrogen-bond donors (Lipinski definition) is 1. The molecule has 1 rings (SSSR count). The molecule has 0 unspecified atom stereocenters. The van der Waals surface area contributed by atoms with Crippen molar-refractivity contribution in [2.75, 3.05) is 13.3 Å². The van der Waals surface area contributed by atoms with Gasteiger partial charge < -0.3 is 10.1 Å². The van der Waals surface area contributed by atoms with E-state index in [0.29, 0.717) is 0 Å². The van der Waals surface area contributed by atoms with Gasteiger partial charge in [-0.15, -0.1) is 0 Å². The van der Waals surface area contributed by atoms with Crippen LogP contribution in [0.4, 0.5) is 0 Å². The van der Waals surface area contributed by atoms with E-state index >= 15 is 0 Å². The first-order valence-electron chi connectivity index (χ1n) is 5.80. The van der Waals surface area contributed by atoms with Crippen LogP contribution in [0.5, 0.6) is 0 Å². The second-order valence-electron chi connectivity index (χ2n) is 5.31. The van der Waals surface area contributed by atoms with E-state index in [0.717, 1.165) is 11.7 Å². The van der Waals surface area contributed by atoms with Gasteiger partial charge in [0, 0.05) is 0 Å². The van der Waals surface area contributed by atoms with Gasteiger partial charge in [-0.05, 0) is 11.7 Å². The van der Waals surface area contributed by atoms with Gasteiger partial charge in [-0.25, -0.2) is 4.79 Å². The molecule has 1 aromatic rings. The number of methoxy groups -OCH3 is 1. The first kappa shape index (κ1) is 13.9. The number of hydrogen-bond acceptors (Lipinski definition) is 3. The van der Waals surface area contributed by atoms with Crippen LogP contribution in [-0.4, -0.2) is 27.3 Å². The van der Waals surface area contributed by atoms with Crippen molar-refractivity contribution in [2.24, 2.45) is 0 Å². The normalized spacial score (nSPS) is 13.2. The van der Waals surface area contributed by atoms with Gasteiger partial charge >= 0.3 is 5.97 Å². The molecule has 3 nitrogen and oxygen atoms in total. The number of esters is 1. The van der Waals surface area contributed by atoms with E-state index in [-0.39, 0.29) is 12.0 Å². The SMILES string of the molecule is COC(=O)[C@H](NC[Si](C)(C)C)c1ccccc1. The third-order valence-corrected chi connectivity index (χ3v) is 3.67. The highest BCUT2D eigenvalue weighted by Gasteiger charge is 2.23. The lowest BCUT2D eigenvalue weighted by molar-refractivity contribution is -0.143.